The number of likely N-dealkylation sites (tertiary alicyclic amines) is 1. The summed E-state index contributed by atoms with van der Waals surface area (Å²) in [5.41, 5.74) is 3.08. The summed E-state index contributed by atoms with van der Waals surface area (Å²) >= 11 is 0. The molecule has 0 atom stereocenters. The normalized spacial score (nSPS) is 14.9. The maximum absolute atomic E-state index is 8.86. The van der Waals surface area contributed by atoms with Crippen LogP contribution in [-0.2, 0) is 4.74 Å². The van der Waals surface area contributed by atoms with Gasteiger partial charge in [-0.25, -0.2) is 0 Å². The van der Waals surface area contributed by atoms with Crippen molar-refractivity contribution in [1.82, 2.24) is 4.90 Å². The molecule has 0 spiro atoms. The average Bonchev–Trinajstić information content (AvgIpc) is 2.87. The van der Waals surface area contributed by atoms with E-state index in [1.165, 1.54) is 11.1 Å². The van der Waals surface area contributed by atoms with Gasteiger partial charge in [0.25, 0.3) is 0 Å². The van der Waals surface area contributed by atoms with Gasteiger partial charge in [0.15, 0.2) is 0 Å². The van der Waals surface area contributed by atoms with Gasteiger partial charge in [-0.05, 0) is 54.7 Å². The molecule has 0 amide bonds. The lowest BCUT2D eigenvalue weighted by atomic mass is 10.00. The predicted octanol–water partition coefficient (Wildman–Crippen LogP) is 5.60. The van der Waals surface area contributed by atoms with E-state index in [9.17, 15) is 0 Å². The van der Waals surface area contributed by atoms with Gasteiger partial charge in [-0.15, -0.1) is 0 Å². The Hall–Kier alpha value is -3.13. The summed E-state index contributed by atoms with van der Waals surface area (Å²) in [6, 6.07) is 30.5. The van der Waals surface area contributed by atoms with Gasteiger partial charge in [0.1, 0.15) is 11.9 Å². The molecule has 32 heavy (non-hydrogen) atoms. The maximum atomic E-state index is 8.86. The third-order valence-electron chi connectivity index (χ3n) is 5.94. The summed E-state index contributed by atoms with van der Waals surface area (Å²) in [5.74, 6) is 0.823. The van der Waals surface area contributed by atoms with E-state index in [2.05, 4.69) is 71.6 Å². The van der Waals surface area contributed by atoms with Crippen LogP contribution in [-0.4, -0.2) is 37.2 Å². The Morgan fingerprint density at radius 3 is 2.00 bits per heavy atom. The quantitative estimate of drug-likeness (QED) is 0.418. The number of hydrogen-bond donors (Lipinski definition) is 0. The SMILES string of the molecule is N#Cc1ccc(OCCCN2CCC(OC(c3ccccc3)c3ccccc3)CC2)cc1. The van der Waals surface area contributed by atoms with E-state index in [0.717, 1.165) is 44.6 Å². The van der Waals surface area contributed by atoms with Gasteiger partial charge < -0.3 is 14.4 Å². The Morgan fingerprint density at radius 2 is 1.44 bits per heavy atom. The van der Waals surface area contributed by atoms with E-state index >= 15 is 0 Å². The minimum absolute atomic E-state index is 0.0187. The van der Waals surface area contributed by atoms with Gasteiger partial charge in [0.2, 0.25) is 0 Å². The van der Waals surface area contributed by atoms with E-state index < -0.39 is 0 Å². The van der Waals surface area contributed by atoms with E-state index in [4.69, 9.17) is 14.7 Å². The lowest BCUT2D eigenvalue weighted by Gasteiger charge is -2.34. The molecule has 3 aromatic carbocycles. The van der Waals surface area contributed by atoms with Crippen LogP contribution in [0.3, 0.4) is 0 Å². The second kappa shape index (κ2) is 11.5. The number of nitrogens with zero attached hydrogens (tertiary/aromatic N) is 2. The molecule has 1 aliphatic rings. The molecule has 4 nitrogen and oxygen atoms in total. The van der Waals surface area contributed by atoms with Gasteiger partial charge in [0.05, 0.1) is 24.3 Å². The van der Waals surface area contributed by atoms with Gasteiger partial charge in [-0.1, -0.05) is 60.7 Å². The minimum atomic E-state index is -0.0187. The second-order valence-electron chi connectivity index (χ2n) is 8.22. The van der Waals surface area contributed by atoms with Crippen molar-refractivity contribution in [2.75, 3.05) is 26.2 Å². The predicted molar refractivity (Wildman–Crippen MR) is 127 cm³/mol. The van der Waals surface area contributed by atoms with Crippen molar-refractivity contribution in [1.29, 1.82) is 5.26 Å². The smallest absolute Gasteiger partial charge is 0.119 e. The van der Waals surface area contributed by atoms with E-state index in [-0.39, 0.29) is 12.2 Å². The summed E-state index contributed by atoms with van der Waals surface area (Å²) in [6.45, 7) is 3.83. The van der Waals surface area contributed by atoms with Crippen LogP contribution in [0.2, 0.25) is 0 Å². The Balaban J connectivity index is 1.22. The lowest BCUT2D eigenvalue weighted by molar-refractivity contribution is -0.0273. The minimum Gasteiger partial charge on any atom is -0.494 e. The molecule has 0 saturated carbocycles. The highest BCUT2D eigenvalue weighted by Crippen LogP contribution is 2.30. The summed E-state index contributed by atoms with van der Waals surface area (Å²) in [4.78, 5) is 2.50. The van der Waals surface area contributed by atoms with E-state index in [0.29, 0.717) is 12.2 Å². The summed E-state index contributed by atoms with van der Waals surface area (Å²) in [7, 11) is 0. The number of rotatable bonds is 9. The van der Waals surface area contributed by atoms with Crippen LogP contribution >= 0.6 is 0 Å². The fraction of sp³-hybridized carbons (Fsp3) is 0.321. The van der Waals surface area contributed by atoms with Crippen LogP contribution < -0.4 is 4.74 Å². The molecule has 164 valence electrons. The molecule has 1 heterocycles. The summed E-state index contributed by atoms with van der Waals surface area (Å²) in [5, 5.41) is 8.86. The van der Waals surface area contributed by atoms with Crippen molar-refractivity contribution >= 4 is 0 Å². The molecule has 1 fully saturated rings. The molecule has 0 radical (unpaired) electrons. The molecular formula is C28H30N2O2. The molecule has 4 rings (SSSR count). The summed E-state index contributed by atoms with van der Waals surface area (Å²) in [6.07, 6.45) is 3.34. The number of hydrogen-bond acceptors (Lipinski definition) is 4. The van der Waals surface area contributed by atoms with Crippen molar-refractivity contribution in [3.05, 3.63) is 102 Å². The first-order valence-electron chi connectivity index (χ1n) is 11.4. The Kier molecular flexibility index (Phi) is 7.92. The zero-order chi connectivity index (χ0) is 22.0. The molecule has 0 unspecified atom stereocenters. The first-order chi connectivity index (χ1) is 15.8. The van der Waals surface area contributed by atoms with Crippen LogP contribution in [0.15, 0.2) is 84.9 Å². The molecule has 1 aliphatic heterocycles. The van der Waals surface area contributed by atoms with Crippen LogP contribution in [0.1, 0.15) is 42.1 Å². The van der Waals surface area contributed by atoms with Gasteiger partial charge in [0, 0.05) is 19.6 Å². The highest BCUT2D eigenvalue weighted by molar-refractivity contribution is 5.34. The van der Waals surface area contributed by atoms with Gasteiger partial charge in [-0.3, -0.25) is 0 Å². The van der Waals surface area contributed by atoms with Crippen molar-refractivity contribution in [3.8, 4) is 11.8 Å². The van der Waals surface area contributed by atoms with Gasteiger partial charge in [-0.2, -0.15) is 5.26 Å². The monoisotopic (exact) mass is 426 g/mol. The highest BCUT2D eigenvalue weighted by Gasteiger charge is 2.24. The topological polar surface area (TPSA) is 45.5 Å². The summed E-state index contributed by atoms with van der Waals surface area (Å²) < 4.78 is 12.4. The lowest BCUT2D eigenvalue weighted by Crippen LogP contribution is -2.38. The van der Waals surface area contributed by atoms with Crippen LogP contribution in [0.25, 0.3) is 0 Å². The van der Waals surface area contributed by atoms with E-state index in [1.54, 1.807) is 12.1 Å². The first kappa shape index (κ1) is 22.1. The zero-order valence-electron chi connectivity index (χ0n) is 18.4. The van der Waals surface area contributed by atoms with Crippen molar-refractivity contribution in [3.63, 3.8) is 0 Å². The fourth-order valence-corrected chi connectivity index (χ4v) is 4.17. The molecular weight excluding hydrogens is 396 g/mol. The standard InChI is InChI=1S/C28H30N2O2/c29-22-23-12-14-26(15-13-23)31-21-7-18-30-19-16-27(17-20-30)32-28(24-8-3-1-4-9-24)25-10-5-2-6-11-25/h1-6,8-15,27-28H,7,16-21H2. The molecule has 4 heteroatoms. The van der Waals surface area contributed by atoms with E-state index in [1.807, 2.05) is 12.1 Å². The first-order valence-corrected chi connectivity index (χ1v) is 11.4. The Labute approximate surface area is 191 Å². The molecule has 3 aromatic rings. The number of benzene rings is 3. The van der Waals surface area contributed by atoms with Crippen molar-refractivity contribution in [2.24, 2.45) is 0 Å². The number of ether oxygens (including phenoxy) is 2. The molecule has 0 N–H and O–H groups in total. The van der Waals surface area contributed by atoms with Crippen LogP contribution in [0.5, 0.6) is 5.75 Å². The zero-order valence-corrected chi connectivity index (χ0v) is 18.4. The third-order valence-corrected chi connectivity index (χ3v) is 5.94. The average molecular weight is 427 g/mol. The number of nitriles is 1. The Morgan fingerprint density at radius 1 is 0.844 bits per heavy atom. The van der Waals surface area contributed by atoms with Crippen LogP contribution in [0, 0.1) is 11.3 Å². The molecule has 0 bridgehead atoms. The Bertz CT molecular complexity index is 936. The third kappa shape index (κ3) is 6.20. The highest BCUT2D eigenvalue weighted by atomic mass is 16.5. The second-order valence-corrected chi connectivity index (χ2v) is 8.22. The number of piperidine rings is 1. The molecule has 0 aliphatic carbocycles. The van der Waals surface area contributed by atoms with Crippen LogP contribution in [0.4, 0.5) is 0 Å². The van der Waals surface area contributed by atoms with Crippen molar-refractivity contribution < 1.29 is 9.47 Å². The molecule has 1 saturated heterocycles. The van der Waals surface area contributed by atoms with Gasteiger partial charge >= 0.3 is 0 Å². The largest absolute Gasteiger partial charge is 0.494 e. The molecule has 0 aromatic heterocycles. The maximum Gasteiger partial charge on any atom is 0.119 e. The fourth-order valence-electron chi connectivity index (χ4n) is 4.17. The van der Waals surface area contributed by atoms with Crippen molar-refractivity contribution in [2.45, 2.75) is 31.5 Å².